The quantitative estimate of drug-likeness (QED) is 0.487. The van der Waals surface area contributed by atoms with Gasteiger partial charge in [-0.2, -0.15) is 8.42 Å². The number of benzene rings is 2. The van der Waals surface area contributed by atoms with Gasteiger partial charge in [-0.3, -0.25) is 9.35 Å². The molecule has 0 aromatic heterocycles. The molecular weight excluding hydrogens is 322 g/mol. The van der Waals surface area contributed by atoms with E-state index in [1.165, 1.54) is 25.3 Å². The number of carbonyl (C=O) groups is 1. The molecule has 0 spiro atoms. The molecular formula is C14H15N3O5S. The molecule has 0 aliphatic heterocycles. The first-order chi connectivity index (χ1) is 10.7. The topological polar surface area (TPSA) is 145 Å². The molecule has 0 heterocycles. The van der Waals surface area contributed by atoms with E-state index in [4.69, 9.17) is 20.8 Å². The maximum Gasteiger partial charge on any atom is 0.296 e. The Morgan fingerprint density at radius 1 is 1.17 bits per heavy atom. The molecule has 2 rings (SSSR count). The molecule has 9 heteroatoms. The maximum absolute atomic E-state index is 12.2. The highest BCUT2D eigenvalue weighted by Crippen LogP contribution is 2.32. The summed E-state index contributed by atoms with van der Waals surface area (Å²) in [6.45, 7) is 0. The number of nitrogen functional groups attached to an aromatic ring is 2. The van der Waals surface area contributed by atoms with Crippen LogP contribution in [-0.4, -0.2) is 26.0 Å². The van der Waals surface area contributed by atoms with Gasteiger partial charge in [-0.25, -0.2) is 0 Å². The van der Waals surface area contributed by atoms with Crippen molar-refractivity contribution in [3.63, 3.8) is 0 Å². The zero-order chi connectivity index (χ0) is 17.2. The van der Waals surface area contributed by atoms with Crippen molar-refractivity contribution in [2.24, 2.45) is 0 Å². The first-order valence-electron chi connectivity index (χ1n) is 6.34. The summed E-state index contributed by atoms with van der Waals surface area (Å²) in [5.74, 6) is -0.354. The summed E-state index contributed by atoms with van der Waals surface area (Å²) in [6, 6.07) is 8.36. The van der Waals surface area contributed by atoms with E-state index in [-0.39, 0.29) is 17.1 Å². The minimum absolute atomic E-state index is 0.0520. The molecule has 2 aromatic carbocycles. The van der Waals surface area contributed by atoms with E-state index in [1.54, 1.807) is 12.1 Å². The molecule has 23 heavy (non-hydrogen) atoms. The highest BCUT2D eigenvalue weighted by molar-refractivity contribution is 7.86. The lowest BCUT2D eigenvalue weighted by Crippen LogP contribution is -2.14. The standard InChI is InChI=1S/C14H15N3O5S/c1-22-12-6-10(16)13(23(19,20)21)7-11(12)17-14(18)8-2-4-9(15)5-3-8/h2-7H,15-16H2,1H3,(H,17,18)(H,19,20,21). The third-order valence-corrected chi connectivity index (χ3v) is 3.94. The van der Waals surface area contributed by atoms with Crippen molar-refractivity contribution in [2.45, 2.75) is 4.90 Å². The first-order valence-corrected chi connectivity index (χ1v) is 7.78. The minimum atomic E-state index is -4.54. The minimum Gasteiger partial charge on any atom is -0.494 e. The number of hydrogen-bond donors (Lipinski definition) is 4. The molecule has 2 aromatic rings. The molecule has 0 saturated heterocycles. The van der Waals surface area contributed by atoms with E-state index in [1.807, 2.05) is 0 Å². The SMILES string of the molecule is COc1cc(N)c(S(=O)(=O)O)cc1NC(=O)c1ccc(N)cc1. The number of ether oxygens (including phenoxy) is 1. The largest absolute Gasteiger partial charge is 0.494 e. The molecule has 8 nitrogen and oxygen atoms in total. The number of nitrogens with two attached hydrogens (primary N) is 2. The second-order valence-corrected chi connectivity index (χ2v) is 6.03. The smallest absolute Gasteiger partial charge is 0.296 e. The molecule has 0 aliphatic carbocycles. The predicted molar refractivity (Wildman–Crippen MR) is 86.0 cm³/mol. The van der Waals surface area contributed by atoms with Gasteiger partial charge in [0.1, 0.15) is 10.6 Å². The van der Waals surface area contributed by atoms with Crippen molar-refractivity contribution in [2.75, 3.05) is 23.9 Å². The fourth-order valence-corrected chi connectivity index (χ4v) is 2.52. The molecule has 0 fully saturated rings. The average molecular weight is 337 g/mol. The molecule has 6 N–H and O–H groups in total. The van der Waals surface area contributed by atoms with E-state index in [0.29, 0.717) is 11.3 Å². The summed E-state index contributed by atoms with van der Waals surface area (Å²) in [6.07, 6.45) is 0. The molecule has 1 amide bonds. The Kier molecular flexibility index (Phi) is 4.43. The average Bonchev–Trinajstić information content (AvgIpc) is 2.48. The van der Waals surface area contributed by atoms with Gasteiger partial charge in [0.25, 0.3) is 16.0 Å². The van der Waals surface area contributed by atoms with E-state index in [9.17, 15) is 13.2 Å². The number of carbonyl (C=O) groups excluding carboxylic acids is 1. The number of nitrogens with one attached hydrogen (secondary N) is 1. The second-order valence-electron chi connectivity index (χ2n) is 4.64. The van der Waals surface area contributed by atoms with Gasteiger partial charge in [0.2, 0.25) is 0 Å². The van der Waals surface area contributed by atoms with Crippen LogP contribution in [0, 0.1) is 0 Å². The van der Waals surface area contributed by atoms with Crippen molar-refractivity contribution in [1.29, 1.82) is 0 Å². The van der Waals surface area contributed by atoms with Crippen LogP contribution in [0.5, 0.6) is 5.75 Å². The van der Waals surface area contributed by atoms with E-state index >= 15 is 0 Å². The van der Waals surface area contributed by atoms with Crippen LogP contribution in [0.25, 0.3) is 0 Å². The Morgan fingerprint density at radius 3 is 2.30 bits per heavy atom. The monoisotopic (exact) mass is 337 g/mol. The fourth-order valence-electron chi connectivity index (χ4n) is 1.89. The number of rotatable bonds is 4. The lowest BCUT2D eigenvalue weighted by Gasteiger charge is -2.13. The Bertz CT molecular complexity index is 847. The number of anilines is 3. The highest BCUT2D eigenvalue weighted by Gasteiger charge is 2.19. The van der Waals surface area contributed by atoms with Crippen molar-refractivity contribution in [1.82, 2.24) is 0 Å². The third kappa shape index (κ3) is 3.71. The fraction of sp³-hybridized carbons (Fsp3) is 0.0714. The maximum atomic E-state index is 12.2. The Balaban J connectivity index is 2.42. The molecule has 122 valence electrons. The van der Waals surface area contributed by atoms with Gasteiger partial charge in [-0.05, 0) is 30.3 Å². The van der Waals surface area contributed by atoms with Crippen LogP contribution in [0.2, 0.25) is 0 Å². The van der Waals surface area contributed by atoms with E-state index in [2.05, 4.69) is 5.32 Å². The van der Waals surface area contributed by atoms with Gasteiger partial charge in [-0.1, -0.05) is 0 Å². The van der Waals surface area contributed by atoms with Gasteiger partial charge in [0, 0.05) is 17.3 Å². The predicted octanol–water partition coefficient (Wildman–Crippen LogP) is 1.36. The zero-order valence-corrected chi connectivity index (χ0v) is 12.9. The Hall–Kier alpha value is -2.78. The van der Waals surface area contributed by atoms with Crippen molar-refractivity contribution in [3.05, 3.63) is 42.0 Å². The normalized spacial score (nSPS) is 11.0. The summed E-state index contributed by atoms with van der Waals surface area (Å²) in [7, 11) is -3.20. The molecule has 0 unspecified atom stereocenters. The van der Waals surface area contributed by atoms with Crippen LogP contribution in [0.3, 0.4) is 0 Å². The van der Waals surface area contributed by atoms with Gasteiger partial charge in [0.15, 0.2) is 0 Å². The van der Waals surface area contributed by atoms with Gasteiger partial charge in [-0.15, -0.1) is 0 Å². The number of hydrogen-bond acceptors (Lipinski definition) is 6. The Labute approximate surface area is 132 Å². The summed E-state index contributed by atoms with van der Waals surface area (Å²) in [5, 5.41) is 2.50. The third-order valence-electron chi connectivity index (χ3n) is 3.03. The Morgan fingerprint density at radius 2 is 1.78 bits per heavy atom. The van der Waals surface area contributed by atoms with Crippen LogP contribution in [0.4, 0.5) is 17.1 Å². The summed E-state index contributed by atoms with van der Waals surface area (Å²) < 4.78 is 36.8. The van der Waals surface area contributed by atoms with E-state index < -0.39 is 20.9 Å². The zero-order valence-electron chi connectivity index (χ0n) is 12.1. The molecule has 0 radical (unpaired) electrons. The van der Waals surface area contributed by atoms with Crippen LogP contribution < -0.4 is 21.5 Å². The van der Waals surface area contributed by atoms with Crippen molar-refractivity contribution >= 4 is 33.1 Å². The van der Waals surface area contributed by atoms with E-state index in [0.717, 1.165) is 6.07 Å². The second kappa shape index (κ2) is 6.15. The van der Waals surface area contributed by atoms with Gasteiger partial charge in [0.05, 0.1) is 18.5 Å². The van der Waals surface area contributed by atoms with Crippen molar-refractivity contribution in [3.8, 4) is 5.75 Å². The summed E-state index contributed by atoms with van der Waals surface area (Å²) >= 11 is 0. The van der Waals surface area contributed by atoms with Crippen molar-refractivity contribution < 1.29 is 22.5 Å². The van der Waals surface area contributed by atoms with Crippen LogP contribution in [0.1, 0.15) is 10.4 Å². The van der Waals surface area contributed by atoms with Gasteiger partial charge < -0.3 is 21.5 Å². The first kappa shape index (κ1) is 16.6. The lowest BCUT2D eigenvalue weighted by molar-refractivity contribution is 0.102. The van der Waals surface area contributed by atoms with Crippen LogP contribution in [0.15, 0.2) is 41.3 Å². The summed E-state index contributed by atoms with van der Waals surface area (Å²) in [5.41, 5.74) is 11.8. The van der Waals surface area contributed by atoms with Gasteiger partial charge >= 0.3 is 0 Å². The number of methoxy groups -OCH3 is 1. The molecule has 0 bridgehead atoms. The number of amides is 1. The molecule has 0 aliphatic rings. The summed E-state index contributed by atoms with van der Waals surface area (Å²) in [4.78, 5) is 11.7. The molecule has 0 saturated carbocycles. The lowest BCUT2D eigenvalue weighted by atomic mass is 10.2. The molecule has 0 atom stereocenters. The highest BCUT2D eigenvalue weighted by atomic mass is 32.2. The van der Waals surface area contributed by atoms with Crippen LogP contribution in [-0.2, 0) is 10.1 Å². The van der Waals surface area contributed by atoms with Crippen LogP contribution >= 0.6 is 0 Å².